The third-order valence-corrected chi connectivity index (χ3v) is 7.75. The highest BCUT2D eigenvalue weighted by molar-refractivity contribution is 7.92. The molecule has 0 saturated heterocycles. The maximum Gasteiger partial charge on any atom is 0.325 e. The molecule has 2 aromatic heterocycles. The van der Waals surface area contributed by atoms with Crippen LogP contribution >= 0.6 is 0 Å². The lowest BCUT2D eigenvalue weighted by Crippen LogP contribution is -2.29. The zero-order valence-corrected chi connectivity index (χ0v) is 16.4. The lowest BCUT2D eigenvalue weighted by Gasteiger charge is -2.25. The van der Waals surface area contributed by atoms with Crippen molar-refractivity contribution in [1.82, 2.24) is 15.0 Å². The van der Waals surface area contributed by atoms with E-state index in [0.29, 0.717) is 35.9 Å². The third-order valence-electron chi connectivity index (χ3n) is 5.41. The maximum atomic E-state index is 12.5. The van der Waals surface area contributed by atoms with Gasteiger partial charge in [-0.15, -0.1) is 0 Å². The molecular weight excluding hydrogens is 378 g/mol. The van der Waals surface area contributed by atoms with Gasteiger partial charge in [0.2, 0.25) is 0 Å². The Balaban J connectivity index is 1.36. The Morgan fingerprint density at radius 1 is 1.14 bits per heavy atom. The highest BCUT2D eigenvalue weighted by Crippen LogP contribution is 2.28. The van der Waals surface area contributed by atoms with E-state index >= 15 is 0 Å². The summed E-state index contributed by atoms with van der Waals surface area (Å²) in [5.74, 6) is 1.20. The Bertz CT molecular complexity index is 1140. The number of fused-ring (bicyclic) bond motifs is 2. The number of aromatic nitrogens is 3. The minimum absolute atomic E-state index is 0.153. The van der Waals surface area contributed by atoms with Crippen LogP contribution in [0.4, 0.5) is 0 Å². The molecule has 28 heavy (non-hydrogen) atoms. The van der Waals surface area contributed by atoms with Crippen molar-refractivity contribution in [2.45, 2.75) is 37.4 Å². The molecule has 7 nitrogen and oxygen atoms in total. The van der Waals surface area contributed by atoms with Crippen molar-refractivity contribution in [3.63, 3.8) is 0 Å². The minimum atomic E-state index is -3.07. The predicted molar refractivity (Wildman–Crippen MR) is 109 cm³/mol. The zero-order valence-electron chi connectivity index (χ0n) is 15.6. The molecule has 0 spiro atoms. The van der Waals surface area contributed by atoms with Gasteiger partial charge in [-0.3, -0.25) is 4.98 Å². The Labute approximate surface area is 163 Å². The molecule has 0 unspecified atom stereocenters. The quantitative estimate of drug-likeness (QED) is 0.617. The van der Waals surface area contributed by atoms with Gasteiger partial charge >= 0.3 is 5.69 Å². The number of pyridine rings is 1. The normalized spacial score (nSPS) is 20.6. The predicted octanol–water partition coefficient (Wildman–Crippen LogP) is 2.98. The fourth-order valence-corrected chi connectivity index (χ4v) is 5.65. The SMILES string of the molecule is [CH2]C1CCC(S(=O)(=O)CCCOc2ccc3nc4[nH]c(=O)[nH]c4cc3c2)CC1. The van der Waals surface area contributed by atoms with Crippen LogP contribution in [-0.4, -0.2) is 41.0 Å². The molecule has 0 amide bonds. The molecule has 2 N–H and O–H groups in total. The van der Waals surface area contributed by atoms with Crippen LogP contribution in [0, 0.1) is 12.8 Å². The fourth-order valence-electron chi connectivity index (χ4n) is 3.80. The molecule has 0 aliphatic heterocycles. The first-order valence-electron chi connectivity index (χ1n) is 9.61. The van der Waals surface area contributed by atoms with Crippen LogP contribution in [0.3, 0.4) is 0 Å². The monoisotopic (exact) mass is 402 g/mol. The van der Waals surface area contributed by atoms with Gasteiger partial charge in [0.1, 0.15) is 5.75 Å². The molecule has 1 aliphatic carbocycles. The van der Waals surface area contributed by atoms with Gasteiger partial charge < -0.3 is 9.72 Å². The first-order valence-corrected chi connectivity index (χ1v) is 11.3. The summed E-state index contributed by atoms with van der Waals surface area (Å²) in [5, 5.41) is 0.626. The van der Waals surface area contributed by atoms with Crippen LogP contribution in [-0.2, 0) is 9.84 Å². The Hall–Kier alpha value is -2.35. The number of sulfone groups is 1. The van der Waals surface area contributed by atoms with E-state index in [1.165, 1.54) is 0 Å². The van der Waals surface area contributed by atoms with Gasteiger partial charge in [-0.25, -0.2) is 18.2 Å². The fraction of sp³-hybridized carbons (Fsp3) is 0.450. The van der Waals surface area contributed by atoms with Crippen molar-refractivity contribution in [2.24, 2.45) is 5.92 Å². The number of nitrogens with zero attached hydrogens (tertiary/aromatic N) is 1. The summed E-state index contributed by atoms with van der Waals surface area (Å²) in [5.41, 5.74) is 1.61. The second-order valence-corrected chi connectivity index (χ2v) is 9.93. The average molecular weight is 402 g/mol. The number of nitrogens with one attached hydrogen (secondary N) is 2. The summed E-state index contributed by atoms with van der Waals surface area (Å²) in [7, 11) is -3.07. The zero-order chi connectivity index (χ0) is 19.7. The molecule has 1 radical (unpaired) electrons. The lowest BCUT2D eigenvalue weighted by atomic mass is 9.91. The second kappa shape index (κ2) is 7.58. The number of ether oxygens (including phenoxy) is 1. The van der Waals surface area contributed by atoms with Crippen LogP contribution in [0.2, 0.25) is 0 Å². The summed E-state index contributed by atoms with van der Waals surface area (Å²) in [6, 6.07) is 7.31. The molecule has 1 aliphatic rings. The molecule has 8 heteroatoms. The van der Waals surface area contributed by atoms with Crippen LogP contribution in [0.15, 0.2) is 29.1 Å². The summed E-state index contributed by atoms with van der Waals surface area (Å²) < 4.78 is 30.7. The number of aromatic amines is 2. The number of hydrogen-bond acceptors (Lipinski definition) is 5. The van der Waals surface area contributed by atoms with Gasteiger partial charge in [-0.2, -0.15) is 0 Å². The molecule has 4 rings (SSSR count). The Kier molecular flexibility index (Phi) is 5.14. The highest BCUT2D eigenvalue weighted by atomic mass is 32.2. The molecule has 1 fully saturated rings. The van der Waals surface area contributed by atoms with Gasteiger partial charge in [-0.1, -0.05) is 6.92 Å². The lowest BCUT2D eigenvalue weighted by molar-refractivity contribution is 0.317. The smallest absolute Gasteiger partial charge is 0.325 e. The molecule has 0 bridgehead atoms. The van der Waals surface area contributed by atoms with E-state index in [2.05, 4.69) is 21.9 Å². The van der Waals surface area contributed by atoms with Crippen LogP contribution in [0.1, 0.15) is 32.1 Å². The van der Waals surface area contributed by atoms with E-state index < -0.39 is 9.84 Å². The molecule has 2 heterocycles. The first kappa shape index (κ1) is 19.0. The van der Waals surface area contributed by atoms with Gasteiger partial charge in [-0.05, 0) is 62.3 Å². The second-order valence-electron chi connectivity index (χ2n) is 7.53. The van der Waals surface area contributed by atoms with Gasteiger partial charge in [0.05, 0.1) is 28.6 Å². The van der Waals surface area contributed by atoms with Gasteiger partial charge in [0.25, 0.3) is 0 Å². The van der Waals surface area contributed by atoms with Crippen molar-refractivity contribution in [1.29, 1.82) is 0 Å². The van der Waals surface area contributed by atoms with Crippen LogP contribution in [0.5, 0.6) is 5.75 Å². The molecule has 1 saturated carbocycles. The van der Waals surface area contributed by atoms with Crippen molar-refractivity contribution in [2.75, 3.05) is 12.4 Å². The summed E-state index contributed by atoms with van der Waals surface area (Å²) in [6.07, 6.45) is 3.71. The van der Waals surface area contributed by atoms with E-state index in [1.807, 2.05) is 18.2 Å². The van der Waals surface area contributed by atoms with Crippen molar-refractivity contribution in [3.05, 3.63) is 41.7 Å². The van der Waals surface area contributed by atoms with E-state index in [9.17, 15) is 13.2 Å². The minimum Gasteiger partial charge on any atom is -0.494 e. The van der Waals surface area contributed by atoms with E-state index in [4.69, 9.17) is 4.74 Å². The molecule has 0 atom stereocenters. The molecule has 149 valence electrons. The number of benzene rings is 1. The number of imidazole rings is 1. The Morgan fingerprint density at radius 2 is 1.93 bits per heavy atom. The van der Waals surface area contributed by atoms with Crippen LogP contribution < -0.4 is 10.4 Å². The largest absolute Gasteiger partial charge is 0.494 e. The van der Waals surface area contributed by atoms with E-state index in [-0.39, 0.29) is 16.7 Å². The van der Waals surface area contributed by atoms with Gasteiger partial charge in [0, 0.05) is 5.39 Å². The highest BCUT2D eigenvalue weighted by Gasteiger charge is 2.28. The van der Waals surface area contributed by atoms with E-state index in [1.54, 1.807) is 6.07 Å². The summed E-state index contributed by atoms with van der Waals surface area (Å²) in [4.78, 5) is 21.1. The summed E-state index contributed by atoms with van der Waals surface area (Å²) >= 11 is 0. The van der Waals surface area contributed by atoms with E-state index in [0.717, 1.165) is 36.6 Å². The maximum absolute atomic E-state index is 12.5. The Morgan fingerprint density at radius 3 is 2.71 bits per heavy atom. The number of rotatable bonds is 6. The molecule has 3 aromatic rings. The topological polar surface area (TPSA) is 105 Å². The van der Waals surface area contributed by atoms with Crippen molar-refractivity contribution >= 4 is 31.9 Å². The van der Waals surface area contributed by atoms with Crippen LogP contribution in [0.25, 0.3) is 22.1 Å². The summed E-state index contributed by atoms with van der Waals surface area (Å²) in [6.45, 7) is 4.36. The van der Waals surface area contributed by atoms with Crippen molar-refractivity contribution < 1.29 is 13.2 Å². The van der Waals surface area contributed by atoms with Gasteiger partial charge in [0.15, 0.2) is 15.5 Å². The molecular formula is C20H24N3O4S. The standard InChI is InChI=1S/C20H24N3O4S/c1-13-3-6-16(7-4-13)28(25,26)10-2-9-27-15-5-8-17-14(11-15)12-18-19(21-17)23-20(24)22-18/h5,8,11-13,16H,1-4,6-7,9-10H2,(H2,21,22,23,24). The number of hydrogen-bond donors (Lipinski definition) is 2. The average Bonchev–Trinajstić information content (AvgIpc) is 3.02. The third kappa shape index (κ3) is 4.06. The van der Waals surface area contributed by atoms with Crippen molar-refractivity contribution in [3.8, 4) is 5.75 Å². The number of H-pyrrole nitrogens is 2. The molecule has 1 aromatic carbocycles. The first-order chi connectivity index (χ1) is 13.4.